The Hall–Kier alpha value is -1.93. The molecular weight excluding hydrogens is 302 g/mol. The third-order valence-corrected chi connectivity index (χ3v) is 3.87. The summed E-state index contributed by atoms with van der Waals surface area (Å²) in [6.07, 6.45) is 3.25. The van der Waals surface area contributed by atoms with Gasteiger partial charge in [-0.3, -0.25) is 9.59 Å². The summed E-state index contributed by atoms with van der Waals surface area (Å²) in [5.74, 6) is 0.322. The zero-order chi connectivity index (χ0) is 15.9. The number of hydrogen-bond acceptors (Lipinski definition) is 7. The lowest BCUT2D eigenvalue weighted by molar-refractivity contribution is -0.116. The van der Waals surface area contributed by atoms with E-state index in [0.717, 1.165) is 31.4 Å². The maximum Gasteiger partial charge on any atom is 0.257 e. The molecule has 2 rings (SSSR count). The van der Waals surface area contributed by atoms with Crippen molar-refractivity contribution in [1.29, 1.82) is 0 Å². The van der Waals surface area contributed by atoms with Crippen molar-refractivity contribution in [2.45, 2.75) is 13.0 Å². The van der Waals surface area contributed by atoms with Crippen molar-refractivity contribution in [2.75, 3.05) is 31.6 Å². The van der Waals surface area contributed by atoms with Crippen LogP contribution in [0.25, 0.3) is 6.08 Å². The monoisotopic (exact) mass is 321 g/mol. The average molecular weight is 321 g/mol. The number of thioether (sulfide) groups is 1. The highest BCUT2D eigenvalue weighted by atomic mass is 32.2. The minimum absolute atomic E-state index is 0.302. The van der Waals surface area contributed by atoms with Gasteiger partial charge in [0.2, 0.25) is 5.95 Å². The van der Waals surface area contributed by atoms with Crippen molar-refractivity contribution in [1.82, 2.24) is 20.6 Å². The molecule has 8 heteroatoms. The van der Waals surface area contributed by atoms with Gasteiger partial charge in [-0.1, -0.05) is 0 Å². The van der Waals surface area contributed by atoms with Crippen LogP contribution in [0.1, 0.15) is 12.6 Å². The van der Waals surface area contributed by atoms with Gasteiger partial charge < -0.3 is 15.5 Å². The standard InChI is InChI=1S/C14H19N5O2S/c1-10-8-19(6-5-16-10)14-17-4-3-11(18-14)7-12(22-9-20)13(21)15-2/h3-4,7,9-10,16H,5-6,8H2,1-2H3,(H,15,21)/b12-7-. The molecule has 0 bridgehead atoms. The number of piperazine rings is 1. The van der Waals surface area contributed by atoms with Crippen LogP contribution in [0, 0.1) is 0 Å². The van der Waals surface area contributed by atoms with Crippen LogP contribution >= 0.6 is 11.8 Å². The highest BCUT2D eigenvalue weighted by Gasteiger charge is 2.18. The van der Waals surface area contributed by atoms with Gasteiger partial charge in [-0.15, -0.1) is 0 Å². The summed E-state index contributed by atoms with van der Waals surface area (Å²) in [5, 5.41) is 5.87. The molecule has 0 radical (unpaired) electrons. The fourth-order valence-electron chi connectivity index (χ4n) is 2.17. The molecule has 1 amide bonds. The molecule has 1 aromatic heterocycles. The van der Waals surface area contributed by atoms with Gasteiger partial charge in [0.25, 0.3) is 5.91 Å². The van der Waals surface area contributed by atoms with Gasteiger partial charge in [0, 0.05) is 38.9 Å². The summed E-state index contributed by atoms with van der Waals surface area (Å²) >= 11 is 0.830. The molecule has 1 aliphatic rings. The number of rotatable bonds is 5. The van der Waals surface area contributed by atoms with E-state index in [2.05, 4.69) is 32.4 Å². The van der Waals surface area contributed by atoms with E-state index >= 15 is 0 Å². The summed E-state index contributed by atoms with van der Waals surface area (Å²) in [4.78, 5) is 33.6. The number of carbonyl (C=O) groups is 2. The van der Waals surface area contributed by atoms with Crippen LogP contribution in [-0.2, 0) is 9.59 Å². The molecule has 2 N–H and O–H groups in total. The Morgan fingerprint density at radius 3 is 3.09 bits per heavy atom. The Morgan fingerprint density at radius 1 is 1.59 bits per heavy atom. The summed E-state index contributed by atoms with van der Waals surface area (Å²) in [5.41, 5.74) is 1.23. The molecule has 1 atom stereocenters. The highest BCUT2D eigenvalue weighted by molar-refractivity contribution is 8.16. The van der Waals surface area contributed by atoms with Crippen molar-refractivity contribution in [3.05, 3.63) is 22.9 Å². The number of nitrogens with one attached hydrogen (secondary N) is 2. The first-order valence-corrected chi connectivity index (χ1v) is 7.87. The topological polar surface area (TPSA) is 87.2 Å². The van der Waals surface area contributed by atoms with Gasteiger partial charge in [0.05, 0.1) is 10.6 Å². The molecule has 1 saturated heterocycles. The van der Waals surface area contributed by atoms with E-state index in [9.17, 15) is 9.59 Å². The molecule has 0 spiro atoms. The number of nitrogens with zero attached hydrogens (tertiary/aromatic N) is 3. The zero-order valence-corrected chi connectivity index (χ0v) is 13.4. The second-order valence-electron chi connectivity index (χ2n) is 4.88. The predicted molar refractivity (Wildman–Crippen MR) is 88.1 cm³/mol. The predicted octanol–water partition coefficient (Wildman–Crippen LogP) is 0.285. The lowest BCUT2D eigenvalue weighted by Gasteiger charge is -2.31. The lowest BCUT2D eigenvalue weighted by Crippen LogP contribution is -2.49. The number of hydrogen-bond donors (Lipinski definition) is 2. The Morgan fingerprint density at radius 2 is 2.41 bits per heavy atom. The van der Waals surface area contributed by atoms with Crippen LogP contribution in [0.4, 0.5) is 5.95 Å². The van der Waals surface area contributed by atoms with Gasteiger partial charge >= 0.3 is 0 Å². The molecule has 0 saturated carbocycles. The first kappa shape index (κ1) is 16.4. The van der Waals surface area contributed by atoms with Crippen LogP contribution in [-0.4, -0.2) is 54.2 Å². The summed E-state index contributed by atoms with van der Waals surface area (Å²) in [6.45, 7) is 4.66. The van der Waals surface area contributed by atoms with E-state index in [0.29, 0.717) is 28.2 Å². The maximum absolute atomic E-state index is 11.7. The van der Waals surface area contributed by atoms with Gasteiger partial charge in [-0.2, -0.15) is 0 Å². The minimum Gasteiger partial charge on any atom is -0.355 e. The van der Waals surface area contributed by atoms with E-state index in [1.807, 2.05) is 0 Å². The number of amides is 1. The van der Waals surface area contributed by atoms with E-state index < -0.39 is 0 Å². The maximum atomic E-state index is 11.7. The van der Waals surface area contributed by atoms with E-state index in [1.165, 1.54) is 7.05 Å². The first-order valence-electron chi connectivity index (χ1n) is 6.99. The largest absolute Gasteiger partial charge is 0.355 e. The number of carbonyl (C=O) groups excluding carboxylic acids is 2. The Balaban J connectivity index is 2.23. The molecule has 1 unspecified atom stereocenters. The Bertz CT molecular complexity index is 578. The number of anilines is 1. The van der Waals surface area contributed by atoms with Gasteiger partial charge in [-0.05, 0) is 30.8 Å². The van der Waals surface area contributed by atoms with Gasteiger partial charge in [0.1, 0.15) is 0 Å². The summed E-state index contributed by atoms with van der Waals surface area (Å²) in [6, 6.07) is 2.09. The number of likely N-dealkylation sites (N-methyl/N-ethyl adjacent to an activating group) is 1. The van der Waals surface area contributed by atoms with Crippen molar-refractivity contribution in [2.24, 2.45) is 0 Å². The molecule has 1 aromatic rings. The van der Waals surface area contributed by atoms with Crippen LogP contribution in [0.3, 0.4) is 0 Å². The zero-order valence-electron chi connectivity index (χ0n) is 12.6. The fourth-order valence-corrected chi connectivity index (χ4v) is 2.67. The molecule has 118 valence electrons. The molecule has 0 aliphatic carbocycles. The van der Waals surface area contributed by atoms with Crippen molar-refractivity contribution >= 4 is 35.3 Å². The fraction of sp³-hybridized carbons (Fsp3) is 0.429. The quantitative estimate of drug-likeness (QED) is 0.595. The minimum atomic E-state index is -0.312. The molecule has 1 fully saturated rings. The third kappa shape index (κ3) is 4.28. The van der Waals surface area contributed by atoms with Crippen LogP contribution < -0.4 is 15.5 Å². The second-order valence-corrected chi connectivity index (χ2v) is 5.75. The Labute approximate surface area is 133 Å². The number of aromatic nitrogens is 2. The van der Waals surface area contributed by atoms with Crippen molar-refractivity contribution in [3.63, 3.8) is 0 Å². The smallest absolute Gasteiger partial charge is 0.257 e. The van der Waals surface area contributed by atoms with Crippen molar-refractivity contribution < 1.29 is 9.59 Å². The second kappa shape index (κ2) is 7.90. The molecule has 2 heterocycles. The van der Waals surface area contributed by atoms with Gasteiger partial charge in [-0.25, -0.2) is 9.97 Å². The molecule has 7 nitrogen and oxygen atoms in total. The lowest BCUT2D eigenvalue weighted by atomic mass is 10.2. The third-order valence-electron chi connectivity index (χ3n) is 3.22. The molecular formula is C14H19N5O2S. The van der Waals surface area contributed by atoms with E-state index in [4.69, 9.17) is 0 Å². The normalized spacial score (nSPS) is 18.9. The first-order chi connectivity index (χ1) is 10.6. The average Bonchev–Trinajstić information content (AvgIpc) is 2.54. The SMILES string of the molecule is CNC(=O)/C(=C/c1ccnc(N2CCNC(C)C2)n1)SC=O. The van der Waals surface area contributed by atoms with Crippen LogP contribution in [0.2, 0.25) is 0 Å². The summed E-state index contributed by atoms with van der Waals surface area (Å²) < 4.78 is 0. The van der Waals surface area contributed by atoms with Crippen LogP contribution in [0.5, 0.6) is 0 Å². The van der Waals surface area contributed by atoms with Gasteiger partial charge in [0.15, 0.2) is 5.62 Å². The molecule has 0 aromatic carbocycles. The molecule has 1 aliphatic heterocycles. The van der Waals surface area contributed by atoms with E-state index in [-0.39, 0.29) is 5.91 Å². The summed E-state index contributed by atoms with van der Waals surface area (Å²) in [7, 11) is 1.52. The van der Waals surface area contributed by atoms with Crippen LogP contribution in [0.15, 0.2) is 17.2 Å². The molecule has 22 heavy (non-hydrogen) atoms. The van der Waals surface area contributed by atoms with E-state index in [1.54, 1.807) is 18.3 Å². The van der Waals surface area contributed by atoms with Crippen molar-refractivity contribution in [3.8, 4) is 0 Å². The Kier molecular flexibility index (Phi) is 5.91. The highest BCUT2D eigenvalue weighted by Crippen LogP contribution is 2.18.